The monoisotopic (exact) mass is 258 g/mol. The summed E-state index contributed by atoms with van der Waals surface area (Å²) in [6.45, 7) is 1.96. The molecule has 2 N–H and O–H groups in total. The summed E-state index contributed by atoms with van der Waals surface area (Å²) >= 11 is 0. The Hall–Kier alpha value is -1.84. The third-order valence-corrected chi connectivity index (χ3v) is 3.79. The van der Waals surface area contributed by atoms with Gasteiger partial charge in [0, 0.05) is 11.7 Å². The Labute approximate surface area is 112 Å². The highest BCUT2D eigenvalue weighted by molar-refractivity contribution is 5.99. The summed E-state index contributed by atoms with van der Waals surface area (Å²) in [4.78, 5) is 23.9. The van der Waals surface area contributed by atoms with E-state index < -0.39 is 0 Å². The molecular weight excluding hydrogens is 240 g/mol. The lowest BCUT2D eigenvalue weighted by molar-refractivity contribution is -0.125. The standard InChI is InChI=1S/C15H18N2O2/c1-9-4-2-3-5-13(9)17-15(19)12-8-11(12)14(18)16-10-6-7-10/h2-5,10-12H,6-8H2,1H3,(H,16,18)(H,17,19). The maximum absolute atomic E-state index is 12.1. The first-order valence-corrected chi connectivity index (χ1v) is 6.82. The number of rotatable bonds is 4. The van der Waals surface area contributed by atoms with Crippen molar-refractivity contribution in [2.45, 2.75) is 32.2 Å². The third-order valence-electron chi connectivity index (χ3n) is 3.79. The zero-order valence-corrected chi connectivity index (χ0v) is 11.0. The zero-order chi connectivity index (χ0) is 13.4. The normalized spacial score (nSPS) is 24.7. The van der Waals surface area contributed by atoms with Crippen molar-refractivity contribution in [3.05, 3.63) is 29.8 Å². The second kappa shape index (κ2) is 4.68. The molecule has 0 bridgehead atoms. The van der Waals surface area contributed by atoms with E-state index in [2.05, 4.69) is 10.6 Å². The minimum absolute atomic E-state index is 0.0368. The van der Waals surface area contributed by atoms with Crippen LogP contribution in [0.3, 0.4) is 0 Å². The van der Waals surface area contributed by atoms with Crippen LogP contribution in [0.1, 0.15) is 24.8 Å². The van der Waals surface area contributed by atoms with Crippen LogP contribution < -0.4 is 10.6 Å². The summed E-state index contributed by atoms with van der Waals surface area (Å²) in [5.74, 6) is -0.263. The van der Waals surface area contributed by atoms with E-state index in [0.29, 0.717) is 12.5 Å². The molecule has 4 heteroatoms. The molecule has 100 valence electrons. The maximum atomic E-state index is 12.1. The lowest BCUT2D eigenvalue weighted by Crippen LogP contribution is -2.29. The van der Waals surface area contributed by atoms with Gasteiger partial charge in [-0.1, -0.05) is 18.2 Å². The molecule has 0 radical (unpaired) electrons. The van der Waals surface area contributed by atoms with Gasteiger partial charge in [0.15, 0.2) is 0 Å². The minimum Gasteiger partial charge on any atom is -0.353 e. The molecule has 2 amide bonds. The van der Waals surface area contributed by atoms with E-state index in [4.69, 9.17) is 0 Å². The fourth-order valence-electron chi connectivity index (χ4n) is 2.25. The molecule has 2 saturated carbocycles. The molecule has 2 unspecified atom stereocenters. The Morgan fingerprint density at radius 3 is 2.47 bits per heavy atom. The first kappa shape index (κ1) is 12.2. The Bertz CT molecular complexity index is 523. The Morgan fingerprint density at radius 1 is 1.11 bits per heavy atom. The van der Waals surface area contributed by atoms with Crippen LogP contribution in [0.15, 0.2) is 24.3 Å². The number of aryl methyl sites for hydroxylation is 1. The van der Waals surface area contributed by atoms with Crippen molar-refractivity contribution in [1.82, 2.24) is 5.32 Å². The van der Waals surface area contributed by atoms with Gasteiger partial charge in [0.05, 0.1) is 11.8 Å². The highest BCUT2D eigenvalue weighted by atomic mass is 16.2. The van der Waals surface area contributed by atoms with Crippen molar-refractivity contribution in [3.63, 3.8) is 0 Å². The van der Waals surface area contributed by atoms with E-state index >= 15 is 0 Å². The predicted octanol–water partition coefficient (Wildman–Crippen LogP) is 1.85. The largest absolute Gasteiger partial charge is 0.353 e. The first-order valence-electron chi connectivity index (χ1n) is 6.82. The summed E-state index contributed by atoms with van der Waals surface area (Å²) in [7, 11) is 0. The SMILES string of the molecule is Cc1ccccc1NC(=O)C1CC1C(=O)NC1CC1. The molecule has 19 heavy (non-hydrogen) atoms. The number of hydrogen-bond donors (Lipinski definition) is 2. The Morgan fingerprint density at radius 2 is 1.79 bits per heavy atom. The van der Waals surface area contributed by atoms with Crippen LogP contribution in [0, 0.1) is 18.8 Å². The molecule has 1 aromatic rings. The van der Waals surface area contributed by atoms with Gasteiger partial charge in [0.25, 0.3) is 0 Å². The molecule has 2 aliphatic rings. The number of anilines is 1. The van der Waals surface area contributed by atoms with Crippen LogP contribution in [-0.2, 0) is 9.59 Å². The van der Waals surface area contributed by atoms with Crippen molar-refractivity contribution >= 4 is 17.5 Å². The van der Waals surface area contributed by atoms with E-state index in [9.17, 15) is 9.59 Å². The van der Waals surface area contributed by atoms with Gasteiger partial charge in [-0.15, -0.1) is 0 Å². The van der Waals surface area contributed by atoms with E-state index in [-0.39, 0.29) is 23.7 Å². The van der Waals surface area contributed by atoms with E-state index in [1.165, 1.54) is 0 Å². The number of amides is 2. The molecule has 0 aliphatic heterocycles. The van der Waals surface area contributed by atoms with Crippen molar-refractivity contribution in [2.75, 3.05) is 5.32 Å². The number of para-hydroxylation sites is 1. The van der Waals surface area contributed by atoms with E-state index in [0.717, 1.165) is 24.1 Å². The third kappa shape index (κ3) is 2.78. The summed E-state index contributed by atoms with van der Waals surface area (Å²) in [6.07, 6.45) is 2.84. The molecule has 4 nitrogen and oxygen atoms in total. The van der Waals surface area contributed by atoms with Crippen LogP contribution >= 0.6 is 0 Å². The number of hydrogen-bond acceptors (Lipinski definition) is 2. The van der Waals surface area contributed by atoms with Crippen LogP contribution in [-0.4, -0.2) is 17.9 Å². The lowest BCUT2D eigenvalue weighted by atomic mass is 10.2. The van der Waals surface area contributed by atoms with Crippen LogP contribution in [0.5, 0.6) is 0 Å². The molecule has 0 spiro atoms. The van der Waals surface area contributed by atoms with Gasteiger partial charge in [-0.3, -0.25) is 9.59 Å². The van der Waals surface area contributed by atoms with Crippen molar-refractivity contribution in [3.8, 4) is 0 Å². The van der Waals surface area contributed by atoms with Crippen molar-refractivity contribution in [1.29, 1.82) is 0 Å². The van der Waals surface area contributed by atoms with Gasteiger partial charge in [-0.25, -0.2) is 0 Å². The first-order chi connectivity index (χ1) is 9.15. The smallest absolute Gasteiger partial charge is 0.228 e. The zero-order valence-electron chi connectivity index (χ0n) is 11.0. The highest BCUT2D eigenvalue weighted by Gasteiger charge is 2.48. The summed E-state index contributed by atoms with van der Waals surface area (Å²) < 4.78 is 0. The quantitative estimate of drug-likeness (QED) is 0.866. The average molecular weight is 258 g/mol. The van der Waals surface area contributed by atoms with Gasteiger partial charge >= 0.3 is 0 Å². The topological polar surface area (TPSA) is 58.2 Å². The fraction of sp³-hybridized carbons (Fsp3) is 0.467. The van der Waals surface area contributed by atoms with E-state index in [1.807, 2.05) is 31.2 Å². The number of benzene rings is 1. The van der Waals surface area contributed by atoms with Crippen LogP contribution in [0.25, 0.3) is 0 Å². The second-order valence-corrected chi connectivity index (χ2v) is 5.54. The number of carbonyl (C=O) groups excluding carboxylic acids is 2. The predicted molar refractivity (Wildman–Crippen MR) is 72.6 cm³/mol. The Balaban J connectivity index is 1.54. The summed E-state index contributed by atoms with van der Waals surface area (Å²) in [6, 6.07) is 8.04. The molecule has 0 heterocycles. The fourth-order valence-corrected chi connectivity index (χ4v) is 2.25. The van der Waals surface area contributed by atoms with Gasteiger partial charge in [0.2, 0.25) is 11.8 Å². The van der Waals surface area contributed by atoms with E-state index in [1.54, 1.807) is 0 Å². The molecular formula is C15H18N2O2. The molecule has 2 atom stereocenters. The minimum atomic E-state index is -0.154. The van der Waals surface area contributed by atoms with Gasteiger partial charge in [0.1, 0.15) is 0 Å². The number of nitrogens with one attached hydrogen (secondary N) is 2. The van der Waals surface area contributed by atoms with Crippen LogP contribution in [0.4, 0.5) is 5.69 Å². The average Bonchev–Trinajstić information content (AvgIpc) is 3.25. The number of carbonyl (C=O) groups is 2. The van der Waals surface area contributed by atoms with Gasteiger partial charge in [-0.05, 0) is 37.8 Å². The highest BCUT2D eigenvalue weighted by Crippen LogP contribution is 2.40. The van der Waals surface area contributed by atoms with Crippen molar-refractivity contribution in [2.24, 2.45) is 11.8 Å². The Kier molecular flexibility index (Phi) is 3.01. The van der Waals surface area contributed by atoms with Gasteiger partial charge in [-0.2, -0.15) is 0 Å². The maximum Gasteiger partial charge on any atom is 0.228 e. The second-order valence-electron chi connectivity index (χ2n) is 5.54. The van der Waals surface area contributed by atoms with Crippen molar-refractivity contribution < 1.29 is 9.59 Å². The molecule has 1 aromatic carbocycles. The lowest BCUT2D eigenvalue weighted by Gasteiger charge is -2.07. The molecule has 0 aromatic heterocycles. The van der Waals surface area contributed by atoms with Crippen LogP contribution in [0.2, 0.25) is 0 Å². The molecule has 3 rings (SSSR count). The summed E-state index contributed by atoms with van der Waals surface area (Å²) in [5.41, 5.74) is 1.87. The molecule has 2 aliphatic carbocycles. The molecule has 0 saturated heterocycles. The molecule has 2 fully saturated rings. The summed E-state index contributed by atoms with van der Waals surface area (Å²) in [5, 5.41) is 5.86. The van der Waals surface area contributed by atoms with Gasteiger partial charge < -0.3 is 10.6 Å².